The van der Waals surface area contributed by atoms with Gasteiger partial charge in [-0.25, -0.2) is 9.79 Å². The molecule has 2 heterocycles. The molecular formula is C25H22BrN3O6S. The Morgan fingerprint density at radius 1 is 1.28 bits per heavy atom. The predicted octanol–water partition coefficient (Wildman–Crippen LogP) is 3.87. The van der Waals surface area contributed by atoms with Crippen LogP contribution in [0.5, 0.6) is 5.75 Å². The van der Waals surface area contributed by atoms with Crippen LogP contribution in [0, 0.1) is 10.1 Å². The monoisotopic (exact) mass is 571 g/mol. The normalized spacial score (nSPS) is 15.5. The van der Waals surface area contributed by atoms with Crippen molar-refractivity contribution in [3.63, 3.8) is 0 Å². The van der Waals surface area contributed by atoms with E-state index in [1.807, 2.05) is 0 Å². The minimum atomic E-state index is -0.854. The van der Waals surface area contributed by atoms with Gasteiger partial charge in [0.25, 0.3) is 11.2 Å². The van der Waals surface area contributed by atoms with Gasteiger partial charge in [-0.2, -0.15) is 0 Å². The Morgan fingerprint density at radius 3 is 2.69 bits per heavy atom. The van der Waals surface area contributed by atoms with Crippen molar-refractivity contribution in [2.75, 3.05) is 7.11 Å². The van der Waals surface area contributed by atoms with Gasteiger partial charge >= 0.3 is 5.97 Å². The Hall–Kier alpha value is -3.57. The van der Waals surface area contributed by atoms with E-state index in [1.54, 1.807) is 57.2 Å². The summed E-state index contributed by atoms with van der Waals surface area (Å²) in [6.45, 7) is 5.19. The summed E-state index contributed by atoms with van der Waals surface area (Å²) in [6.07, 6.45) is 1.21. The Morgan fingerprint density at radius 2 is 2.03 bits per heavy atom. The minimum absolute atomic E-state index is 0.0807. The number of non-ortho nitro benzene ring substituents is 1. The first kappa shape index (κ1) is 25.5. The summed E-state index contributed by atoms with van der Waals surface area (Å²) < 4.78 is 13.6. The van der Waals surface area contributed by atoms with Crippen LogP contribution in [0.25, 0.3) is 6.08 Å². The maximum atomic E-state index is 13.7. The summed E-state index contributed by atoms with van der Waals surface area (Å²) in [7, 11) is 1.52. The number of halogens is 1. The van der Waals surface area contributed by atoms with Crippen LogP contribution in [0.1, 0.15) is 37.9 Å². The number of carbonyl (C=O) groups excluding carboxylic acids is 1. The fraction of sp³-hybridized carbons (Fsp3) is 0.240. The summed E-state index contributed by atoms with van der Waals surface area (Å²) in [5, 5.41) is 11.2. The molecule has 3 aromatic rings. The van der Waals surface area contributed by atoms with Gasteiger partial charge in [-0.1, -0.05) is 39.4 Å². The second-order valence-corrected chi connectivity index (χ2v) is 10.2. The molecule has 0 spiro atoms. The van der Waals surface area contributed by atoms with Gasteiger partial charge in [0.05, 0.1) is 33.9 Å². The molecule has 0 aliphatic carbocycles. The third kappa shape index (κ3) is 4.89. The van der Waals surface area contributed by atoms with E-state index in [2.05, 4.69) is 20.9 Å². The van der Waals surface area contributed by atoms with Crippen molar-refractivity contribution in [3.05, 3.63) is 99.1 Å². The minimum Gasteiger partial charge on any atom is -0.496 e. The van der Waals surface area contributed by atoms with Crippen molar-refractivity contribution in [1.82, 2.24) is 4.57 Å². The molecule has 0 radical (unpaired) electrons. The number of nitro benzene ring substituents is 1. The molecule has 0 fully saturated rings. The van der Waals surface area contributed by atoms with E-state index in [1.165, 1.54) is 23.8 Å². The van der Waals surface area contributed by atoms with E-state index in [0.717, 1.165) is 15.8 Å². The van der Waals surface area contributed by atoms with E-state index in [0.29, 0.717) is 31.9 Å². The molecule has 4 rings (SSSR count). The largest absolute Gasteiger partial charge is 0.496 e. The molecule has 0 saturated heterocycles. The lowest BCUT2D eigenvalue weighted by molar-refractivity contribution is -0.384. The molecule has 1 atom stereocenters. The van der Waals surface area contributed by atoms with Crippen LogP contribution < -0.4 is 19.6 Å². The van der Waals surface area contributed by atoms with Gasteiger partial charge in [0, 0.05) is 22.2 Å². The zero-order valence-corrected chi connectivity index (χ0v) is 22.3. The lowest BCUT2D eigenvalue weighted by Crippen LogP contribution is -2.40. The Kier molecular flexibility index (Phi) is 7.23. The first-order valence-electron chi connectivity index (χ1n) is 10.9. The molecule has 1 aliphatic heterocycles. The summed E-state index contributed by atoms with van der Waals surface area (Å²) in [5.41, 5.74) is 1.27. The molecule has 9 nitrogen and oxygen atoms in total. The van der Waals surface area contributed by atoms with Crippen LogP contribution in [0.15, 0.2) is 68.0 Å². The van der Waals surface area contributed by atoms with Crippen molar-refractivity contribution in [1.29, 1.82) is 0 Å². The number of thiazole rings is 1. The van der Waals surface area contributed by atoms with E-state index in [9.17, 15) is 19.7 Å². The number of fused-ring (bicyclic) bond motifs is 1. The molecule has 0 N–H and O–H groups in total. The number of esters is 1. The number of hydrogen-bond acceptors (Lipinski definition) is 8. The fourth-order valence-electron chi connectivity index (χ4n) is 3.95. The molecule has 0 saturated carbocycles. The van der Waals surface area contributed by atoms with Crippen molar-refractivity contribution >= 4 is 45.0 Å². The second kappa shape index (κ2) is 10.2. The van der Waals surface area contributed by atoms with E-state index in [-0.39, 0.29) is 22.9 Å². The Balaban J connectivity index is 1.99. The average Bonchev–Trinajstić information content (AvgIpc) is 3.12. The highest BCUT2D eigenvalue weighted by Crippen LogP contribution is 2.37. The number of benzene rings is 2. The quantitative estimate of drug-likeness (QED) is 0.252. The highest BCUT2D eigenvalue weighted by molar-refractivity contribution is 9.10. The number of hydrogen-bond donors (Lipinski definition) is 0. The van der Waals surface area contributed by atoms with Gasteiger partial charge in [-0.05, 0) is 50.6 Å². The van der Waals surface area contributed by atoms with Gasteiger partial charge in [-0.3, -0.25) is 19.5 Å². The maximum Gasteiger partial charge on any atom is 0.338 e. The van der Waals surface area contributed by atoms with Gasteiger partial charge in [0.1, 0.15) is 11.8 Å². The first-order valence-corrected chi connectivity index (χ1v) is 12.5. The number of rotatable bonds is 6. The molecule has 1 aliphatic rings. The van der Waals surface area contributed by atoms with Crippen molar-refractivity contribution in [2.24, 2.45) is 4.99 Å². The van der Waals surface area contributed by atoms with E-state index in [4.69, 9.17) is 9.47 Å². The van der Waals surface area contributed by atoms with E-state index < -0.39 is 16.9 Å². The molecule has 0 amide bonds. The van der Waals surface area contributed by atoms with Crippen LogP contribution in [-0.2, 0) is 9.53 Å². The third-order valence-electron chi connectivity index (χ3n) is 5.45. The fourth-order valence-corrected chi connectivity index (χ4v) is 5.38. The molecule has 11 heteroatoms. The Bertz CT molecular complexity index is 1590. The molecule has 0 bridgehead atoms. The molecule has 36 heavy (non-hydrogen) atoms. The molecule has 1 aromatic heterocycles. The smallest absolute Gasteiger partial charge is 0.338 e. The second-order valence-electron chi connectivity index (χ2n) is 8.27. The van der Waals surface area contributed by atoms with Gasteiger partial charge in [0.2, 0.25) is 0 Å². The Labute approximate surface area is 218 Å². The SMILES string of the molecule is COc1ccc(Br)cc1[C@@H]1C(C(=O)OC(C)C)=C(C)N=c2s/c(=C\c3cccc([N+](=O)[O-])c3)c(=O)n21. The number of aromatic nitrogens is 1. The molecular weight excluding hydrogens is 550 g/mol. The summed E-state index contributed by atoms with van der Waals surface area (Å²) in [5.74, 6) is -0.0905. The predicted molar refractivity (Wildman–Crippen MR) is 139 cm³/mol. The lowest BCUT2D eigenvalue weighted by Gasteiger charge is -2.26. The van der Waals surface area contributed by atoms with Crippen LogP contribution in [0.2, 0.25) is 0 Å². The van der Waals surface area contributed by atoms with Crippen molar-refractivity contribution in [2.45, 2.75) is 32.9 Å². The highest BCUT2D eigenvalue weighted by Gasteiger charge is 2.35. The topological polar surface area (TPSA) is 113 Å². The third-order valence-corrected chi connectivity index (χ3v) is 6.93. The number of nitro groups is 1. The standard InChI is InChI=1S/C25H22BrN3O6S/c1-13(2)35-24(31)21-14(3)27-25-28(22(21)18-12-16(26)8-9-19(18)34-4)23(30)20(36-25)11-15-6-5-7-17(10-15)29(32)33/h5-13,22H,1-4H3/b20-11-/t22-/m1/s1. The summed E-state index contributed by atoms with van der Waals surface area (Å²) >= 11 is 4.61. The number of ether oxygens (including phenoxy) is 2. The number of allylic oxidation sites excluding steroid dienone is 1. The number of nitrogens with zero attached hydrogens (tertiary/aromatic N) is 3. The molecule has 0 unspecified atom stereocenters. The van der Waals surface area contributed by atoms with Gasteiger partial charge < -0.3 is 9.47 Å². The van der Waals surface area contributed by atoms with Crippen LogP contribution in [-0.4, -0.2) is 28.7 Å². The van der Waals surface area contributed by atoms with Gasteiger partial charge in [-0.15, -0.1) is 0 Å². The summed E-state index contributed by atoms with van der Waals surface area (Å²) in [6, 6.07) is 10.5. The first-order chi connectivity index (χ1) is 17.1. The highest BCUT2D eigenvalue weighted by atomic mass is 79.9. The van der Waals surface area contributed by atoms with Crippen LogP contribution in [0.4, 0.5) is 5.69 Å². The van der Waals surface area contributed by atoms with Crippen LogP contribution in [0.3, 0.4) is 0 Å². The van der Waals surface area contributed by atoms with Crippen LogP contribution >= 0.6 is 27.3 Å². The zero-order valence-electron chi connectivity index (χ0n) is 19.9. The number of carbonyl (C=O) groups is 1. The van der Waals surface area contributed by atoms with E-state index >= 15 is 0 Å². The lowest BCUT2D eigenvalue weighted by atomic mass is 9.95. The molecule has 2 aromatic carbocycles. The zero-order chi connectivity index (χ0) is 26.1. The van der Waals surface area contributed by atoms with Crippen molar-refractivity contribution in [3.8, 4) is 5.75 Å². The average molecular weight is 572 g/mol. The number of methoxy groups -OCH3 is 1. The molecule has 186 valence electrons. The van der Waals surface area contributed by atoms with Crippen molar-refractivity contribution < 1.29 is 19.2 Å². The summed E-state index contributed by atoms with van der Waals surface area (Å²) in [4.78, 5) is 42.6. The maximum absolute atomic E-state index is 13.7. The van der Waals surface area contributed by atoms with Gasteiger partial charge in [0.15, 0.2) is 4.80 Å².